The molecule has 0 bridgehead atoms. The number of carboxylic acids is 1. The SMILES string of the molecule is CC=CC=CC(=O)O.CCCCCCCC. The number of carbonyl (C=O) groups is 1. The summed E-state index contributed by atoms with van der Waals surface area (Å²) in [6.45, 7) is 6.34. The molecular weight excluding hydrogens is 200 g/mol. The molecule has 0 aliphatic heterocycles. The van der Waals surface area contributed by atoms with Crippen LogP contribution in [-0.4, -0.2) is 11.1 Å². The number of carboxylic acid groups (broad SMARTS) is 1. The van der Waals surface area contributed by atoms with Crippen molar-refractivity contribution >= 4 is 5.97 Å². The Balaban J connectivity index is 0. The van der Waals surface area contributed by atoms with E-state index in [4.69, 9.17) is 5.11 Å². The van der Waals surface area contributed by atoms with Crippen molar-refractivity contribution in [2.45, 2.75) is 59.3 Å². The number of hydrogen-bond donors (Lipinski definition) is 1. The summed E-state index contributed by atoms with van der Waals surface area (Å²) in [6.07, 6.45) is 14.5. The Hall–Kier alpha value is -1.05. The number of allylic oxidation sites excluding steroid dienone is 3. The van der Waals surface area contributed by atoms with Crippen molar-refractivity contribution in [3.05, 3.63) is 24.3 Å². The second-order valence-electron chi connectivity index (χ2n) is 3.64. The maximum Gasteiger partial charge on any atom is 0.328 e. The van der Waals surface area contributed by atoms with E-state index < -0.39 is 5.97 Å². The molecule has 0 aromatic rings. The van der Waals surface area contributed by atoms with E-state index in [-0.39, 0.29) is 0 Å². The lowest BCUT2D eigenvalue weighted by Gasteiger charge is -1.93. The predicted molar refractivity (Wildman–Crippen MR) is 70.6 cm³/mol. The second-order valence-corrected chi connectivity index (χ2v) is 3.64. The van der Waals surface area contributed by atoms with Crippen molar-refractivity contribution in [1.82, 2.24) is 0 Å². The fraction of sp³-hybridized carbons (Fsp3) is 0.643. The van der Waals surface area contributed by atoms with Crippen LogP contribution in [0.5, 0.6) is 0 Å². The van der Waals surface area contributed by atoms with Crippen molar-refractivity contribution in [1.29, 1.82) is 0 Å². The van der Waals surface area contributed by atoms with Crippen LogP contribution in [0.2, 0.25) is 0 Å². The third-order valence-corrected chi connectivity index (χ3v) is 2.00. The Kier molecular flexibility index (Phi) is 17.8. The molecule has 0 saturated carbocycles. The van der Waals surface area contributed by atoms with E-state index in [1.165, 1.54) is 44.6 Å². The maximum absolute atomic E-state index is 9.75. The lowest BCUT2D eigenvalue weighted by atomic mass is 10.1. The zero-order valence-electron chi connectivity index (χ0n) is 10.9. The highest BCUT2D eigenvalue weighted by molar-refractivity contribution is 5.80. The molecule has 0 heterocycles. The molecule has 0 amide bonds. The molecule has 94 valence electrons. The van der Waals surface area contributed by atoms with Gasteiger partial charge in [0.2, 0.25) is 0 Å². The molecular formula is C14H26O2. The Morgan fingerprint density at radius 3 is 1.81 bits per heavy atom. The minimum Gasteiger partial charge on any atom is -0.478 e. The first-order valence-corrected chi connectivity index (χ1v) is 6.21. The zero-order valence-corrected chi connectivity index (χ0v) is 10.9. The first kappa shape index (κ1) is 17.3. The summed E-state index contributed by atoms with van der Waals surface area (Å²) in [5.74, 6) is -0.914. The molecule has 0 aromatic carbocycles. The molecule has 0 unspecified atom stereocenters. The molecule has 2 nitrogen and oxygen atoms in total. The van der Waals surface area contributed by atoms with Crippen LogP contribution in [-0.2, 0) is 4.79 Å². The quantitative estimate of drug-likeness (QED) is 0.392. The van der Waals surface area contributed by atoms with Gasteiger partial charge in [-0.1, -0.05) is 70.6 Å². The molecule has 0 spiro atoms. The summed E-state index contributed by atoms with van der Waals surface area (Å²) in [5.41, 5.74) is 0. The van der Waals surface area contributed by atoms with Gasteiger partial charge in [0.25, 0.3) is 0 Å². The Bertz CT molecular complexity index is 187. The van der Waals surface area contributed by atoms with Crippen molar-refractivity contribution in [3.63, 3.8) is 0 Å². The molecule has 0 aliphatic carbocycles. The average Bonchev–Trinajstić information content (AvgIpc) is 2.25. The monoisotopic (exact) mass is 226 g/mol. The van der Waals surface area contributed by atoms with Gasteiger partial charge >= 0.3 is 5.97 Å². The Morgan fingerprint density at radius 1 is 1.00 bits per heavy atom. The summed E-state index contributed by atoms with van der Waals surface area (Å²) >= 11 is 0. The summed E-state index contributed by atoms with van der Waals surface area (Å²) in [7, 11) is 0. The Morgan fingerprint density at radius 2 is 1.50 bits per heavy atom. The van der Waals surface area contributed by atoms with E-state index in [1.807, 2.05) is 6.92 Å². The highest BCUT2D eigenvalue weighted by Gasteiger charge is 1.83. The minimum absolute atomic E-state index is 0.914. The third kappa shape index (κ3) is 23.1. The van der Waals surface area contributed by atoms with Crippen LogP contribution in [0.15, 0.2) is 24.3 Å². The maximum atomic E-state index is 9.75. The van der Waals surface area contributed by atoms with Crippen LogP contribution in [0.4, 0.5) is 0 Å². The van der Waals surface area contributed by atoms with Gasteiger partial charge in [-0.15, -0.1) is 0 Å². The van der Waals surface area contributed by atoms with E-state index in [0.29, 0.717) is 0 Å². The molecule has 0 rings (SSSR count). The fourth-order valence-corrected chi connectivity index (χ4v) is 1.10. The lowest BCUT2D eigenvalue weighted by Crippen LogP contribution is -1.83. The molecule has 16 heavy (non-hydrogen) atoms. The van der Waals surface area contributed by atoms with Crippen molar-refractivity contribution in [2.75, 3.05) is 0 Å². The van der Waals surface area contributed by atoms with E-state index in [9.17, 15) is 4.79 Å². The van der Waals surface area contributed by atoms with Crippen LogP contribution in [0.1, 0.15) is 59.3 Å². The highest BCUT2D eigenvalue weighted by atomic mass is 16.4. The van der Waals surface area contributed by atoms with E-state index in [0.717, 1.165) is 6.08 Å². The van der Waals surface area contributed by atoms with Crippen LogP contribution < -0.4 is 0 Å². The molecule has 2 heteroatoms. The first-order valence-electron chi connectivity index (χ1n) is 6.21. The first-order chi connectivity index (χ1) is 7.68. The smallest absolute Gasteiger partial charge is 0.328 e. The normalized spacial score (nSPS) is 10.4. The van der Waals surface area contributed by atoms with Gasteiger partial charge in [0, 0.05) is 6.08 Å². The van der Waals surface area contributed by atoms with Crippen molar-refractivity contribution in [2.24, 2.45) is 0 Å². The van der Waals surface area contributed by atoms with Gasteiger partial charge in [0.15, 0.2) is 0 Å². The molecule has 0 saturated heterocycles. The summed E-state index contributed by atoms with van der Waals surface area (Å²) < 4.78 is 0. The van der Waals surface area contributed by atoms with E-state index in [1.54, 1.807) is 12.2 Å². The molecule has 0 radical (unpaired) electrons. The Labute approximate surface area is 100 Å². The van der Waals surface area contributed by atoms with Gasteiger partial charge in [-0.3, -0.25) is 0 Å². The van der Waals surface area contributed by atoms with Crippen LogP contribution in [0, 0.1) is 0 Å². The lowest BCUT2D eigenvalue weighted by molar-refractivity contribution is -0.131. The molecule has 0 fully saturated rings. The van der Waals surface area contributed by atoms with Crippen molar-refractivity contribution in [3.8, 4) is 0 Å². The second kappa shape index (κ2) is 16.4. The van der Waals surface area contributed by atoms with E-state index >= 15 is 0 Å². The average molecular weight is 226 g/mol. The molecule has 0 atom stereocenters. The fourth-order valence-electron chi connectivity index (χ4n) is 1.10. The predicted octanol–water partition coefficient (Wildman–Crippen LogP) is 4.57. The van der Waals surface area contributed by atoms with Gasteiger partial charge in [0.1, 0.15) is 0 Å². The van der Waals surface area contributed by atoms with Crippen LogP contribution >= 0.6 is 0 Å². The summed E-state index contributed by atoms with van der Waals surface area (Å²) in [6, 6.07) is 0. The summed E-state index contributed by atoms with van der Waals surface area (Å²) in [5, 5.41) is 8.02. The van der Waals surface area contributed by atoms with Gasteiger partial charge in [-0.05, 0) is 6.92 Å². The third-order valence-electron chi connectivity index (χ3n) is 2.00. The number of unbranched alkanes of at least 4 members (excludes halogenated alkanes) is 5. The molecule has 0 aromatic heterocycles. The highest BCUT2D eigenvalue weighted by Crippen LogP contribution is 2.03. The standard InChI is InChI=1S/C8H18.C6H8O2/c1-3-5-7-8-6-4-2;1-2-3-4-5-6(7)8/h3-8H2,1-2H3;2-5H,1H3,(H,7,8). The molecule has 1 N–H and O–H groups in total. The van der Waals surface area contributed by atoms with Gasteiger partial charge in [-0.2, -0.15) is 0 Å². The number of rotatable bonds is 7. The van der Waals surface area contributed by atoms with E-state index in [2.05, 4.69) is 13.8 Å². The van der Waals surface area contributed by atoms with Crippen LogP contribution in [0.3, 0.4) is 0 Å². The van der Waals surface area contributed by atoms with Gasteiger partial charge < -0.3 is 5.11 Å². The topological polar surface area (TPSA) is 37.3 Å². The largest absolute Gasteiger partial charge is 0.478 e. The zero-order chi connectivity index (χ0) is 12.6. The number of aliphatic carboxylic acids is 1. The summed E-state index contributed by atoms with van der Waals surface area (Å²) in [4.78, 5) is 9.75. The van der Waals surface area contributed by atoms with Crippen molar-refractivity contribution < 1.29 is 9.90 Å². The minimum atomic E-state index is -0.914. The number of hydrogen-bond acceptors (Lipinski definition) is 1. The van der Waals surface area contributed by atoms with Gasteiger partial charge in [-0.25, -0.2) is 4.79 Å². The van der Waals surface area contributed by atoms with Gasteiger partial charge in [0.05, 0.1) is 0 Å². The van der Waals surface area contributed by atoms with Crippen LogP contribution in [0.25, 0.3) is 0 Å². The molecule has 0 aliphatic rings.